The van der Waals surface area contributed by atoms with Gasteiger partial charge in [-0.15, -0.1) is 0 Å². The molecule has 2 saturated heterocycles. The highest BCUT2D eigenvalue weighted by Crippen LogP contribution is 2.24. The van der Waals surface area contributed by atoms with Gasteiger partial charge in [0.05, 0.1) is 13.7 Å². The number of methoxy groups -OCH3 is 1. The predicted molar refractivity (Wildman–Crippen MR) is 132 cm³/mol. The number of likely N-dealkylation sites (tertiary alicyclic amines) is 2. The van der Waals surface area contributed by atoms with E-state index in [0.717, 1.165) is 49.9 Å². The van der Waals surface area contributed by atoms with Crippen molar-refractivity contribution in [1.82, 2.24) is 15.1 Å². The van der Waals surface area contributed by atoms with Gasteiger partial charge in [0.25, 0.3) is 0 Å². The monoisotopic (exact) mass is 493 g/mol. The van der Waals surface area contributed by atoms with Crippen LogP contribution in [0.15, 0.2) is 40.1 Å². The van der Waals surface area contributed by atoms with Gasteiger partial charge in [0.2, 0.25) is 11.8 Å². The first-order chi connectivity index (χ1) is 17.4. The Labute approximate surface area is 209 Å². The number of esters is 1. The number of aryl methyl sites for hydroxylation is 1. The van der Waals surface area contributed by atoms with E-state index in [4.69, 9.17) is 9.15 Å². The fourth-order valence-corrected chi connectivity index (χ4v) is 4.66. The van der Waals surface area contributed by atoms with Gasteiger partial charge in [0, 0.05) is 36.8 Å². The molecule has 1 aromatic carbocycles. The molecular weight excluding hydrogens is 462 g/mol. The highest BCUT2D eigenvalue weighted by atomic mass is 16.5. The minimum Gasteiger partial charge on any atom is -0.465 e. The number of rotatable bonds is 7. The summed E-state index contributed by atoms with van der Waals surface area (Å²) in [6.07, 6.45) is 3.98. The molecule has 0 spiro atoms. The molecule has 36 heavy (non-hydrogen) atoms. The van der Waals surface area contributed by atoms with E-state index in [1.165, 1.54) is 7.11 Å². The molecule has 2 fully saturated rings. The van der Waals surface area contributed by atoms with Crippen molar-refractivity contribution in [2.45, 2.75) is 45.1 Å². The third-order valence-electron chi connectivity index (χ3n) is 6.55. The number of ether oxygens (including phenoxy) is 1. The average molecular weight is 494 g/mol. The number of furan rings is 1. The summed E-state index contributed by atoms with van der Waals surface area (Å²) in [4.78, 5) is 41.9. The van der Waals surface area contributed by atoms with Crippen LogP contribution in [0.4, 0.5) is 5.69 Å². The van der Waals surface area contributed by atoms with E-state index in [2.05, 4.69) is 10.6 Å². The van der Waals surface area contributed by atoms with E-state index < -0.39 is 12.0 Å². The third-order valence-corrected chi connectivity index (χ3v) is 6.55. The Morgan fingerprint density at radius 2 is 1.92 bits per heavy atom. The number of carbonyl (C=O) groups is 3. The largest absolute Gasteiger partial charge is 0.465 e. The summed E-state index contributed by atoms with van der Waals surface area (Å²) in [5.74, 6) is -0.290. The molecule has 0 bridgehead atoms. The number of amides is 2. The summed E-state index contributed by atoms with van der Waals surface area (Å²) in [5, 5.41) is 16.8. The summed E-state index contributed by atoms with van der Waals surface area (Å²) in [5.41, 5.74) is 0.925. The van der Waals surface area contributed by atoms with Crippen LogP contribution in [0.1, 0.15) is 37.9 Å². The molecule has 2 N–H and O–H groups in total. The number of hydrogen-bond acceptors (Lipinski definition) is 8. The van der Waals surface area contributed by atoms with E-state index in [1.54, 1.807) is 21.9 Å². The Balaban J connectivity index is 1.58. The van der Waals surface area contributed by atoms with Crippen molar-refractivity contribution in [3.8, 4) is 6.07 Å². The lowest BCUT2D eigenvalue weighted by Crippen LogP contribution is -2.49. The van der Waals surface area contributed by atoms with Crippen LogP contribution in [-0.2, 0) is 19.1 Å². The standard InChI is InChI=1S/C26H31N5O5/c1-17-13-18-8-9-19(14-22(18)36-17)28-24(20(15-27)26(34)35-2)29-21-7-3-4-12-31(25(21)33)16-23(32)30-10-5-6-11-30/h8-9,13-14,21,28-29H,3-7,10-12,16H2,1-2H3/b24-20-. The molecule has 4 rings (SSSR count). The lowest BCUT2D eigenvalue weighted by Gasteiger charge is -2.28. The van der Waals surface area contributed by atoms with Crippen LogP contribution in [0.2, 0.25) is 0 Å². The van der Waals surface area contributed by atoms with Gasteiger partial charge >= 0.3 is 5.97 Å². The quantitative estimate of drug-likeness (QED) is 0.342. The summed E-state index contributed by atoms with van der Waals surface area (Å²) in [7, 11) is 1.19. The predicted octanol–water partition coefficient (Wildman–Crippen LogP) is 2.65. The smallest absolute Gasteiger partial charge is 0.352 e. The Hall–Kier alpha value is -4.00. The van der Waals surface area contributed by atoms with Crippen LogP contribution < -0.4 is 10.6 Å². The molecule has 0 aliphatic carbocycles. The van der Waals surface area contributed by atoms with Gasteiger partial charge in [-0.2, -0.15) is 5.26 Å². The van der Waals surface area contributed by atoms with Gasteiger partial charge in [-0.25, -0.2) is 4.79 Å². The van der Waals surface area contributed by atoms with Gasteiger partial charge in [0.15, 0.2) is 5.57 Å². The lowest BCUT2D eigenvalue weighted by atomic mass is 10.1. The number of carbonyl (C=O) groups excluding carboxylic acids is 3. The maximum absolute atomic E-state index is 13.4. The fraction of sp³-hybridized carbons (Fsp3) is 0.462. The van der Waals surface area contributed by atoms with E-state index in [0.29, 0.717) is 24.2 Å². The van der Waals surface area contributed by atoms with Crippen molar-refractivity contribution in [2.75, 3.05) is 38.6 Å². The van der Waals surface area contributed by atoms with Crippen LogP contribution in [-0.4, -0.2) is 66.9 Å². The van der Waals surface area contributed by atoms with E-state index in [-0.39, 0.29) is 29.8 Å². The molecule has 0 radical (unpaired) electrons. The maximum Gasteiger partial charge on any atom is 0.352 e. The molecule has 10 heteroatoms. The topological polar surface area (TPSA) is 128 Å². The second kappa shape index (κ2) is 11.2. The first-order valence-electron chi connectivity index (χ1n) is 12.2. The molecule has 2 aliphatic heterocycles. The van der Waals surface area contributed by atoms with E-state index in [1.807, 2.05) is 25.1 Å². The zero-order valence-corrected chi connectivity index (χ0v) is 20.6. The Morgan fingerprint density at radius 3 is 2.64 bits per heavy atom. The third kappa shape index (κ3) is 5.62. The second-order valence-electron chi connectivity index (χ2n) is 9.13. The molecule has 0 saturated carbocycles. The minimum atomic E-state index is -0.829. The van der Waals surface area contributed by atoms with Gasteiger partial charge in [0.1, 0.15) is 29.3 Å². The van der Waals surface area contributed by atoms with E-state index >= 15 is 0 Å². The van der Waals surface area contributed by atoms with Gasteiger partial charge in [-0.3, -0.25) is 9.59 Å². The number of nitriles is 1. The molecule has 2 amide bonds. The van der Waals surface area contributed by atoms with Crippen molar-refractivity contribution in [1.29, 1.82) is 5.26 Å². The average Bonchev–Trinajstić information content (AvgIpc) is 3.50. The lowest BCUT2D eigenvalue weighted by molar-refractivity contribution is -0.140. The first-order valence-corrected chi connectivity index (χ1v) is 12.2. The maximum atomic E-state index is 13.4. The Morgan fingerprint density at radius 1 is 1.17 bits per heavy atom. The number of nitrogens with one attached hydrogen (secondary N) is 2. The van der Waals surface area contributed by atoms with Gasteiger partial charge in [-0.1, -0.05) is 0 Å². The molecular formula is C26H31N5O5. The number of benzene rings is 1. The van der Waals surface area contributed by atoms with Crippen molar-refractivity contribution < 1.29 is 23.5 Å². The van der Waals surface area contributed by atoms with Crippen LogP contribution in [0.3, 0.4) is 0 Å². The zero-order chi connectivity index (χ0) is 25.7. The molecule has 2 aliphatic rings. The first kappa shape index (κ1) is 25.1. The molecule has 1 atom stereocenters. The highest BCUT2D eigenvalue weighted by Gasteiger charge is 2.31. The van der Waals surface area contributed by atoms with Gasteiger partial charge in [-0.05, 0) is 57.2 Å². The molecule has 2 aromatic rings. The van der Waals surface area contributed by atoms with Crippen molar-refractivity contribution in [3.05, 3.63) is 41.4 Å². The van der Waals surface area contributed by atoms with Crippen molar-refractivity contribution >= 4 is 34.4 Å². The molecule has 3 heterocycles. The molecule has 190 valence electrons. The van der Waals surface area contributed by atoms with Crippen LogP contribution in [0, 0.1) is 18.3 Å². The highest BCUT2D eigenvalue weighted by molar-refractivity contribution is 5.95. The number of hydrogen-bond donors (Lipinski definition) is 2. The fourth-order valence-electron chi connectivity index (χ4n) is 4.66. The van der Waals surface area contributed by atoms with Crippen molar-refractivity contribution in [3.63, 3.8) is 0 Å². The van der Waals surface area contributed by atoms with E-state index in [9.17, 15) is 19.6 Å². The number of fused-ring (bicyclic) bond motifs is 1. The normalized spacial score (nSPS) is 18.9. The summed E-state index contributed by atoms with van der Waals surface area (Å²) in [6, 6.07) is 8.48. The van der Waals surface area contributed by atoms with Crippen LogP contribution in [0.5, 0.6) is 0 Å². The Kier molecular flexibility index (Phi) is 7.78. The molecule has 1 unspecified atom stereocenters. The Bertz CT molecular complexity index is 1220. The number of anilines is 1. The van der Waals surface area contributed by atoms with Gasteiger partial charge < -0.3 is 29.6 Å². The summed E-state index contributed by atoms with van der Waals surface area (Å²) in [6.45, 7) is 3.82. The molecule has 1 aromatic heterocycles. The van der Waals surface area contributed by atoms with Crippen LogP contribution in [0.25, 0.3) is 11.0 Å². The zero-order valence-electron chi connectivity index (χ0n) is 20.6. The SMILES string of the molecule is COC(=O)/C(C#N)=C(/Nc1ccc2cc(C)oc2c1)NC1CCCCN(CC(=O)N2CCCC2)C1=O. The summed E-state index contributed by atoms with van der Waals surface area (Å²) >= 11 is 0. The van der Waals surface area contributed by atoms with Crippen molar-refractivity contribution in [2.24, 2.45) is 0 Å². The minimum absolute atomic E-state index is 0.0279. The number of nitrogens with zero attached hydrogens (tertiary/aromatic N) is 3. The molecule has 10 nitrogen and oxygen atoms in total. The summed E-state index contributed by atoms with van der Waals surface area (Å²) < 4.78 is 10.5. The van der Waals surface area contributed by atoms with Crippen LogP contribution >= 0.6 is 0 Å². The second-order valence-corrected chi connectivity index (χ2v) is 9.13.